The highest BCUT2D eigenvalue weighted by Gasteiger charge is 2.05. The van der Waals surface area contributed by atoms with Crippen LogP contribution in [0.2, 0.25) is 0 Å². The maximum atomic E-state index is 5.67. The van der Waals surface area contributed by atoms with Gasteiger partial charge in [0.05, 0.1) is 11.9 Å². The number of nitrogens with zero attached hydrogens (tertiary/aromatic N) is 3. The van der Waals surface area contributed by atoms with Gasteiger partial charge in [-0.05, 0) is 12.3 Å². The minimum absolute atomic E-state index is 0.494. The van der Waals surface area contributed by atoms with Crippen LogP contribution in [0, 0.1) is 5.92 Å². The molecule has 3 nitrogen and oxygen atoms in total. The van der Waals surface area contributed by atoms with Gasteiger partial charge in [-0.3, -0.25) is 4.68 Å². The molecule has 1 heterocycles. The van der Waals surface area contributed by atoms with E-state index in [2.05, 4.69) is 17.2 Å². The molecule has 0 aliphatic rings. The van der Waals surface area contributed by atoms with Crippen LogP contribution in [0.3, 0.4) is 0 Å². The maximum absolute atomic E-state index is 5.67. The van der Waals surface area contributed by atoms with Gasteiger partial charge < -0.3 is 0 Å². The third-order valence-corrected chi connectivity index (χ3v) is 2.16. The minimum Gasteiger partial charge on any atom is -0.252 e. The van der Waals surface area contributed by atoms with Crippen LogP contribution in [-0.4, -0.2) is 20.9 Å². The van der Waals surface area contributed by atoms with Crippen molar-refractivity contribution < 1.29 is 0 Å². The third kappa shape index (κ3) is 2.19. The number of aryl methyl sites for hydroxylation is 1. The molecular weight excluding hydrogens is 162 g/mol. The van der Waals surface area contributed by atoms with Crippen molar-refractivity contribution in [2.45, 2.75) is 13.3 Å². The van der Waals surface area contributed by atoms with Crippen molar-refractivity contribution in [1.29, 1.82) is 0 Å². The molecule has 0 bridgehead atoms. The summed E-state index contributed by atoms with van der Waals surface area (Å²) in [4.78, 5) is 0. The highest BCUT2D eigenvalue weighted by Crippen LogP contribution is 2.06. The average molecular weight is 174 g/mol. The predicted octanol–water partition coefficient (Wildman–Crippen LogP) is 1.23. The van der Waals surface area contributed by atoms with Gasteiger partial charge in [-0.15, -0.1) is 16.7 Å². The van der Waals surface area contributed by atoms with Crippen LogP contribution in [0.15, 0.2) is 6.20 Å². The van der Waals surface area contributed by atoms with Crippen LogP contribution in [0.1, 0.15) is 12.6 Å². The molecule has 4 heteroatoms. The molecule has 1 aromatic rings. The fraction of sp³-hybridized carbons (Fsp3) is 0.714. The summed E-state index contributed by atoms with van der Waals surface area (Å²) in [5, 5.41) is 7.61. The number of alkyl halides is 1. The smallest absolute Gasteiger partial charge is 0.0725 e. The molecule has 0 saturated heterocycles. The van der Waals surface area contributed by atoms with E-state index in [1.807, 2.05) is 7.05 Å². The van der Waals surface area contributed by atoms with E-state index in [1.54, 1.807) is 10.9 Å². The Balaban J connectivity index is 2.56. The Labute approximate surface area is 71.4 Å². The van der Waals surface area contributed by atoms with E-state index in [0.717, 1.165) is 12.1 Å². The van der Waals surface area contributed by atoms with Crippen LogP contribution in [0.5, 0.6) is 0 Å². The Kier molecular flexibility index (Phi) is 2.88. The molecule has 0 fully saturated rings. The second-order valence-electron chi connectivity index (χ2n) is 2.81. The lowest BCUT2D eigenvalue weighted by Crippen LogP contribution is -2.06. The molecule has 0 aromatic carbocycles. The lowest BCUT2D eigenvalue weighted by atomic mass is 10.1. The van der Waals surface area contributed by atoms with Gasteiger partial charge in [-0.2, -0.15) is 0 Å². The normalized spacial score (nSPS) is 13.4. The second kappa shape index (κ2) is 3.72. The van der Waals surface area contributed by atoms with E-state index in [-0.39, 0.29) is 0 Å². The fourth-order valence-electron chi connectivity index (χ4n) is 0.907. The number of hydrogen-bond acceptors (Lipinski definition) is 2. The Morgan fingerprint density at radius 1 is 1.73 bits per heavy atom. The van der Waals surface area contributed by atoms with Crippen LogP contribution in [0.4, 0.5) is 0 Å². The molecule has 0 radical (unpaired) electrons. The zero-order chi connectivity index (χ0) is 8.27. The number of halogens is 1. The summed E-state index contributed by atoms with van der Waals surface area (Å²) in [6, 6.07) is 0. The summed E-state index contributed by atoms with van der Waals surface area (Å²) >= 11 is 5.67. The van der Waals surface area contributed by atoms with E-state index >= 15 is 0 Å². The van der Waals surface area contributed by atoms with Crippen LogP contribution in [-0.2, 0) is 13.5 Å². The van der Waals surface area contributed by atoms with Crippen molar-refractivity contribution in [3.8, 4) is 0 Å². The molecule has 0 spiro atoms. The Morgan fingerprint density at radius 2 is 2.45 bits per heavy atom. The topological polar surface area (TPSA) is 30.7 Å². The second-order valence-corrected chi connectivity index (χ2v) is 3.12. The highest BCUT2D eigenvalue weighted by atomic mass is 35.5. The highest BCUT2D eigenvalue weighted by molar-refractivity contribution is 6.18. The van der Waals surface area contributed by atoms with E-state index in [1.165, 1.54) is 0 Å². The van der Waals surface area contributed by atoms with Gasteiger partial charge in [0.1, 0.15) is 0 Å². The summed E-state index contributed by atoms with van der Waals surface area (Å²) < 4.78 is 1.78. The average Bonchev–Trinajstić information content (AvgIpc) is 2.37. The minimum atomic E-state index is 0.494. The molecule has 1 atom stereocenters. The lowest BCUT2D eigenvalue weighted by Gasteiger charge is -2.05. The quantitative estimate of drug-likeness (QED) is 0.644. The summed E-state index contributed by atoms with van der Waals surface area (Å²) in [5.41, 5.74) is 1.14. The zero-order valence-corrected chi connectivity index (χ0v) is 7.54. The summed E-state index contributed by atoms with van der Waals surface area (Å²) in [7, 11) is 1.89. The predicted molar refractivity (Wildman–Crippen MR) is 44.6 cm³/mol. The molecule has 0 amide bonds. The van der Waals surface area contributed by atoms with Crippen molar-refractivity contribution in [2.24, 2.45) is 13.0 Å². The van der Waals surface area contributed by atoms with Crippen LogP contribution < -0.4 is 0 Å². The van der Waals surface area contributed by atoms with Crippen LogP contribution >= 0.6 is 11.6 Å². The van der Waals surface area contributed by atoms with Crippen molar-refractivity contribution in [2.75, 3.05) is 5.88 Å². The van der Waals surface area contributed by atoms with E-state index in [0.29, 0.717) is 11.8 Å². The monoisotopic (exact) mass is 173 g/mol. The first-order valence-corrected chi connectivity index (χ1v) is 4.17. The van der Waals surface area contributed by atoms with E-state index < -0.39 is 0 Å². The molecule has 0 aliphatic heterocycles. The fourth-order valence-corrected chi connectivity index (χ4v) is 1.02. The van der Waals surface area contributed by atoms with E-state index in [9.17, 15) is 0 Å². The van der Waals surface area contributed by atoms with Crippen molar-refractivity contribution in [3.05, 3.63) is 11.9 Å². The summed E-state index contributed by atoms with van der Waals surface area (Å²) in [6.07, 6.45) is 2.73. The Hall–Kier alpha value is -0.570. The molecule has 0 aliphatic carbocycles. The molecule has 1 rings (SSSR count). The first-order chi connectivity index (χ1) is 5.24. The van der Waals surface area contributed by atoms with Gasteiger partial charge in [0.2, 0.25) is 0 Å². The van der Waals surface area contributed by atoms with Gasteiger partial charge in [-0.1, -0.05) is 12.1 Å². The molecule has 11 heavy (non-hydrogen) atoms. The van der Waals surface area contributed by atoms with Gasteiger partial charge in [-0.25, -0.2) is 0 Å². The number of aromatic nitrogens is 3. The molecule has 0 N–H and O–H groups in total. The van der Waals surface area contributed by atoms with Gasteiger partial charge in [0, 0.05) is 12.9 Å². The largest absolute Gasteiger partial charge is 0.252 e. The molecule has 1 unspecified atom stereocenters. The number of rotatable bonds is 3. The standard InChI is InChI=1S/C7H12ClN3/c1-6(4-8)3-7-5-9-10-11(7)2/h5-6H,3-4H2,1-2H3. The molecular formula is C7H12ClN3. The first-order valence-electron chi connectivity index (χ1n) is 3.63. The molecule has 62 valence electrons. The van der Waals surface area contributed by atoms with Crippen molar-refractivity contribution >= 4 is 11.6 Å². The van der Waals surface area contributed by atoms with E-state index in [4.69, 9.17) is 11.6 Å². The van der Waals surface area contributed by atoms with Crippen LogP contribution in [0.25, 0.3) is 0 Å². The summed E-state index contributed by atoms with van der Waals surface area (Å²) in [5.74, 6) is 1.18. The van der Waals surface area contributed by atoms with Gasteiger partial charge in [0.25, 0.3) is 0 Å². The van der Waals surface area contributed by atoms with Crippen molar-refractivity contribution in [1.82, 2.24) is 15.0 Å². The zero-order valence-electron chi connectivity index (χ0n) is 6.79. The maximum Gasteiger partial charge on any atom is 0.0725 e. The third-order valence-electron chi connectivity index (χ3n) is 1.63. The van der Waals surface area contributed by atoms with Crippen molar-refractivity contribution in [3.63, 3.8) is 0 Å². The Morgan fingerprint density at radius 3 is 2.91 bits per heavy atom. The Bertz CT molecular complexity index is 221. The SMILES string of the molecule is CC(CCl)Cc1cnnn1C. The molecule has 0 saturated carbocycles. The first kappa shape index (κ1) is 8.53. The van der Waals surface area contributed by atoms with Gasteiger partial charge in [0.15, 0.2) is 0 Å². The number of hydrogen-bond donors (Lipinski definition) is 0. The molecule has 1 aromatic heterocycles. The lowest BCUT2D eigenvalue weighted by molar-refractivity contribution is 0.594. The van der Waals surface area contributed by atoms with Gasteiger partial charge >= 0.3 is 0 Å². The summed E-state index contributed by atoms with van der Waals surface area (Å²) in [6.45, 7) is 2.11.